The summed E-state index contributed by atoms with van der Waals surface area (Å²) in [5.41, 5.74) is 5.78. The molecule has 0 bridgehead atoms. The molecule has 1 saturated heterocycles. The Morgan fingerprint density at radius 2 is 2.10 bits per heavy atom. The fourth-order valence-corrected chi connectivity index (χ4v) is 3.85. The van der Waals surface area contributed by atoms with Gasteiger partial charge in [0.2, 0.25) is 10.0 Å². The van der Waals surface area contributed by atoms with E-state index in [1.165, 1.54) is 4.31 Å². The minimum Gasteiger partial charge on any atom is -0.465 e. The summed E-state index contributed by atoms with van der Waals surface area (Å²) in [5, 5.41) is 0. The van der Waals surface area contributed by atoms with Crippen molar-refractivity contribution in [2.24, 2.45) is 5.73 Å². The average Bonchev–Trinajstić information content (AvgIpc) is 2.69. The van der Waals surface area contributed by atoms with Crippen LogP contribution in [0.5, 0.6) is 0 Å². The van der Waals surface area contributed by atoms with Crippen molar-refractivity contribution >= 4 is 22.4 Å². The molecule has 1 aromatic rings. The third-order valence-corrected chi connectivity index (χ3v) is 5.23. The van der Waals surface area contributed by atoms with Crippen molar-refractivity contribution in [3.8, 4) is 0 Å². The summed E-state index contributed by atoms with van der Waals surface area (Å²) in [6, 6.07) is 1.35. The van der Waals surface area contributed by atoms with Crippen LogP contribution in [0.1, 0.15) is 18.4 Å². The van der Waals surface area contributed by atoms with E-state index in [2.05, 4.69) is 0 Å². The summed E-state index contributed by atoms with van der Waals surface area (Å²) in [6.45, 7) is 6.19. The summed E-state index contributed by atoms with van der Waals surface area (Å²) in [5.74, 6) is 1.01. The number of morpholine rings is 1. The van der Waals surface area contributed by atoms with Crippen LogP contribution in [0.4, 0.5) is 0 Å². The molecule has 0 aliphatic carbocycles. The molecule has 2 heterocycles. The van der Waals surface area contributed by atoms with Gasteiger partial charge in [-0.3, -0.25) is 0 Å². The standard InChI is InChI=1S/C12H20N2O4S.ClH/c1-8-6-12(10(3)18-8)19(15,16)14-4-5-17-11(7-14)9(2)13;/h6,9,11H,4-5,7,13H2,1-3H3;1H. The molecule has 0 radical (unpaired) electrons. The average molecular weight is 325 g/mol. The van der Waals surface area contributed by atoms with Crippen LogP contribution in [-0.2, 0) is 14.8 Å². The topological polar surface area (TPSA) is 85.8 Å². The Kier molecular flexibility index (Phi) is 5.62. The second kappa shape index (κ2) is 6.44. The number of nitrogens with two attached hydrogens (primary N) is 1. The number of furan rings is 1. The molecule has 1 aliphatic heterocycles. The molecule has 1 fully saturated rings. The number of halogens is 1. The van der Waals surface area contributed by atoms with E-state index in [1.54, 1.807) is 19.9 Å². The zero-order valence-corrected chi connectivity index (χ0v) is 13.5. The molecule has 0 saturated carbocycles. The quantitative estimate of drug-likeness (QED) is 0.898. The maximum atomic E-state index is 12.6. The first-order valence-corrected chi connectivity index (χ1v) is 7.70. The molecule has 1 aliphatic rings. The van der Waals surface area contributed by atoms with Crippen molar-refractivity contribution in [2.75, 3.05) is 19.7 Å². The maximum absolute atomic E-state index is 12.6. The molecular formula is C12H21ClN2O4S. The highest BCUT2D eigenvalue weighted by atomic mass is 35.5. The lowest BCUT2D eigenvalue weighted by Crippen LogP contribution is -2.51. The Labute approximate surface area is 125 Å². The summed E-state index contributed by atoms with van der Waals surface area (Å²) >= 11 is 0. The smallest absolute Gasteiger partial charge is 0.246 e. The lowest BCUT2D eigenvalue weighted by Gasteiger charge is -2.33. The number of nitrogens with zero attached hydrogens (tertiary/aromatic N) is 1. The first kappa shape index (κ1) is 17.5. The third-order valence-electron chi connectivity index (χ3n) is 3.26. The normalized spacial score (nSPS) is 22.3. The molecule has 2 unspecified atom stereocenters. The zero-order chi connectivity index (χ0) is 14.2. The number of hydrogen-bond acceptors (Lipinski definition) is 5. The van der Waals surface area contributed by atoms with Crippen LogP contribution >= 0.6 is 12.4 Å². The first-order chi connectivity index (χ1) is 8.82. The summed E-state index contributed by atoms with van der Waals surface area (Å²) in [6.07, 6.45) is -0.267. The van der Waals surface area contributed by atoms with Crippen LogP contribution in [0.15, 0.2) is 15.4 Å². The fourth-order valence-electron chi connectivity index (χ4n) is 2.19. The van der Waals surface area contributed by atoms with Crippen LogP contribution in [0, 0.1) is 13.8 Å². The van der Waals surface area contributed by atoms with Gasteiger partial charge in [-0.25, -0.2) is 8.42 Å². The second-order valence-electron chi connectivity index (χ2n) is 4.91. The van der Waals surface area contributed by atoms with Crippen molar-refractivity contribution in [2.45, 2.75) is 37.8 Å². The molecule has 8 heteroatoms. The Balaban J connectivity index is 0.00000200. The SMILES string of the molecule is Cc1cc(S(=O)(=O)N2CCOC(C(C)N)C2)c(C)o1.Cl. The molecule has 0 spiro atoms. The monoisotopic (exact) mass is 324 g/mol. The van der Waals surface area contributed by atoms with Gasteiger partial charge in [0.15, 0.2) is 0 Å². The highest BCUT2D eigenvalue weighted by molar-refractivity contribution is 7.89. The van der Waals surface area contributed by atoms with E-state index < -0.39 is 10.0 Å². The Bertz CT molecular complexity index is 556. The number of sulfonamides is 1. The van der Waals surface area contributed by atoms with Crippen molar-refractivity contribution in [3.05, 3.63) is 17.6 Å². The fraction of sp³-hybridized carbons (Fsp3) is 0.667. The predicted molar refractivity (Wildman–Crippen MR) is 77.6 cm³/mol. The van der Waals surface area contributed by atoms with Gasteiger partial charge < -0.3 is 14.9 Å². The molecule has 0 aromatic carbocycles. The van der Waals surface area contributed by atoms with Gasteiger partial charge in [0.05, 0.1) is 12.7 Å². The van der Waals surface area contributed by atoms with E-state index in [0.29, 0.717) is 24.7 Å². The van der Waals surface area contributed by atoms with E-state index in [1.807, 2.05) is 6.92 Å². The molecule has 0 amide bonds. The zero-order valence-electron chi connectivity index (χ0n) is 11.8. The highest BCUT2D eigenvalue weighted by Gasteiger charge is 2.34. The summed E-state index contributed by atoms with van der Waals surface area (Å²) in [4.78, 5) is 0.232. The van der Waals surface area contributed by atoms with E-state index >= 15 is 0 Å². The molecule has 2 N–H and O–H groups in total. The van der Waals surface area contributed by atoms with Crippen molar-refractivity contribution in [3.63, 3.8) is 0 Å². The molecule has 6 nitrogen and oxygen atoms in total. The van der Waals surface area contributed by atoms with E-state index in [9.17, 15) is 8.42 Å². The van der Waals surface area contributed by atoms with Crippen LogP contribution in [-0.4, -0.2) is 44.6 Å². The number of ether oxygens (including phenoxy) is 1. The molecule has 2 rings (SSSR count). The number of hydrogen-bond donors (Lipinski definition) is 1. The second-order valence-corrected chi connectivity index (χ2v) is 6.82. The van der Waals surface area contributed by atoms with Gasteiger partial charge >= 0.3 is 0 Å². The maximum Gasteiger partial charge on any atom is 0.246 e. The van der Waals surface area contributed by atoms with Gasteiger partial charge in [0.1, 0.15) is 16.4 Å². The van der Waals surface area contributed by atoms with E-state index in [4.69, 9.17) is 14.9 Å². The number of aryl methyl sites for hydroxylation is 2. The molecule has 1 aromatic heterocycles. The van der Waals surface area contributed by atoms with Crippen molar-refractivity contribution < 1.29 is 17.6 Å². The summed E-state index contributed by atoms with van der Waals surface area (Å²) in [7, 11) is -3.53. The van der Waals surface area contributed by atoms with Gasteiger partial charge in [-0.2, -0.15) is 4.31 Å². The van der Waals surface area contributed by atoms with Gasteiger partial charge in [0, 0.05) is 19.1 Å². The van der Waals surface area contributed by atoms with Crippen molar-refractivity contribution in [1.82, 2.24) is 4.31 Å². The highest BCUT2D eigenvalue weighted by Crippen LogP contribution is 2.25. The molecule has 2 atom stereocenters. The largest absolute Gasteiger partial charge is 0.465 e. The van der Waals surface area contributed by atoms with Gasteiger partial charge in [0.25, 0.3) is 0 Å². The van der Waals surface area contributed by atoms with Crippen molar-refractivity contribution in [1.29, 1.82) is 0 Å². The minimum absolute atomic E-state index is 0. The van der Waals surface area contributed by atoms with Gasteiger partial charge in [-0.1, -0.05) is 0 Å². The molecule has 116 valence electrons. The van der Waals surface area contributed by atoms with Crippen LogP contribution in [0.2, 0.25) is 0 Å². The lowest BCUT2D eigenvalue weighted by molar-refractivity contribution is -0.0120. The van der Waals surface area contributed by atoms with E-state index in [-0.39, 0.29) is 36.0 Å². The first-order valence-electron chi connectivity index (χ1n) is 6.26. The van der Waals surface area contributed by atoms with Gasteiger partial charge in [-0.05, 0) is 26.8 Å². The van der Waals surface area contributed by atoms with Crippen LogP contribution in [0.3, 0.4) is 0 Å². The third kappa shape index (κ3) is 3.35. The molecular weight excluding hydrogens is 304 g/mol. The minimum atomic E-state index is -3.53. The Morgan fingerprint density at radius 1 is 1.45 bits per heavy atom. The van der Waals surface area contributed by atoms with Crippen LogP contribution in [0.25, 0.3) is 0 Å². The van der Waals surface area contributed by atoms with E-state index in [0.717, 1.165) is 0 Å². The Morgan fingerprint density at radius 3 is 2.60 bits per heavy atom. The number of rotatable bonds is 3. The summed E-state index contributed by atoms with van der Waals surface area (Å²) < 4.78 is 37.3. The Hall–Kier alpha value is -0.600. The van der Waals surface area contributed by atoms with Crippen LogP contribution < -0.4 is 5.73 Å². The van der Waals surface area contributed by atoms with Gasteiger partial charge in [-0.15, -0.1) is 12.4 Å². The predicted octanol–water partition coefficient (Wildman–Crippen LogP) is 1.05. The molecule has 20 heavy (non-hydrogen) atoms. The lowest BCUT2D eigenvalue weighted by atomic mass is 10.2.